The van der Waals surface area contributed by atoms with Crippen LogP contribution in [-0.2, 0) is 9.59 Å². The van der Waals surface area contributed by atoms with Crippen LogP contribution >= 0.6 is 74.6 Å². The molecule has 2 aliphatic rings. The second-order valence-corrected chi connectivity index (χ2v) is 23.4. The van der Waals surface area contributed by atoms with Crippen molar-refractivity contribution in [1.82, 2.24) is 9.80 Å². The van der Waals surface area contributed by atoms with Gasteiger partial charge < -0.3 is 0 Å². The summed E-state index contributed by atoms with van der Waals surface area (Å²) in [7, 11) is -2.06. The normalized spacial score (nSPS) is 18.4. The Morgan fingerprint density at radius 2 is 1.03 bits per heavy atom. The number of halogens is 2. The highest BCUT2D eigenvalue weighted by Crippen LogP contribution is 2.53. The fraction of sp³-hybridized carbons (Fsp3) is 0.364. The summed E-state index contributed by atoms with van der Waals surface area (Å²) in [4.78, 5) is 33.5. The minimum Gasteiger partial charge on any atom is -0.298 e. The SMILES string of the molecule is CS(C)(C)CN1C(=O)C2=C(c3ccc(Br)s3)N(CS(C)(C)C)C(=O)C2=C1c1ccc(Br)s1. The van der Waals surface area contributed by atoms with Crippen LogP contribution in [0.3, 0.4) is 0 Å². The fourth-order valence-electron chi connectivity index (χ4n) is 3.81. The maximum atomic E-state index is 14.0. The monoisotopic (exact) mass is 636 g/mol. The van der Waals surface area contributed by atoms with E-state index in [-0.39, 0.29) is 11.8 Å². The van der Waals surface area contributed by atoms with Crippen LogP contribution in [0, 0.1) is 0 Å². The summed E-state index contributed by atoms with van der Waals surface area (Å²) in [5.74, 6) is 1.15. The van der Waals surface area contributed by atoms with Gasteiger partial charge in [0, 0.05) is 0 Å². The lowest BCUT2D eigenvalue weighted by molar-refractivity contribution is -0.123. The summed E-state index contributed by atoms with van der Waals surface area (Å²) in [6.45, 7) is 0. The number of carbonyl (C=O) groups is 2. The molecule has 0 saturated carbocycles. The average Bonchev–Trinajstić information content (AvgIpc) is 3.37. The second kappa shape index (κ2) is 8.61. The van der Waals surface area contributed by atoms with Gasteiger partial charge in [-0.05, 0) is 93.7 Å². The number of carbonyl (C=O) groups excluding carboxylic acids is 2. The molecule has 2 aliphatic heterocycles. The minimum absolute atomic E-state index is 0.0544. The minimum atomic E-state index is -1.03. The predicted molar refractivity (Wildman–Crippen MR) is 152 cm³/mol. The predicted octanol–water partition coefficient (Wildman–Crippen LogP) is 6.44. The van der Waals surface area contributed by atoms with Gasteiger partial charge in [0.25, 0.3) is 11.8 Å². The van der Waals surface area contributed by atoms with Gasteiger partial charge in [-0.1, -0.05) is 0 Å². The van der Waals surface area contributed by atoms with Crippen molar-refractivity contribution in [1.29, 1.82) is 0 Å². The molecule has 0 saturated heterocycles. The van der Waals surface area contributed by atoms with E-state index >= 15 is 0 Å². The van der Waals surface area contributed by atoms with Gasteiger partial charge in [0.1, 0.15) is 0 Å². The Morgan fingerprint density at radius 1 is 0.688 bits per heavy atom. The Hall–Kier alpha value is -0.520. The molecule has 10 heteroatoms. The van der Waals surface area contributed by atoms with Crippen molar-refractivity contribution in [3.63, 3.8) is 0 Å². The first-order chi connectivity index (χ1) is 14.8. The summed E-state index contributed by atoms with van der Waals surface area (Å²) in [5.41, 5.74) is 2.67. The van der Waals surface area contributed by atoms with Crippen LogP contribution < -0.4 is 0 Å². The van der Waals surface area contributed by atoms with Gasteiger partial charge in [0.05, 0.1) is 51.6 Å². The zero-order chi connectivity index (χ0) is 23.6. The van der Waals surface area contributed by atoms with Crippen LogP contribution in [0.1, 0.15) is 9.75 Å². The molecule has 0 spiro atoms. The van der Waals surface area contributed by atoms with E-state index in [1.807, 2.05) is 34.1 Å². The third-order valence-corrected chi connectivity index (χ3v) is 10.2. The van der Waals surface area contributed by atoms with Crippen molar-refractivity contribution in [2.45, 2.75) is 0 Å². The van der Waals surface area contributed by atoms with E-state index in [9.17, 15) is 9.59 Å². The lowest BCUT2D eigenvalue weighted by Crippen LogP contribution is -2.32. The standard InChI is InChI=1S/C22H26Br2N2O2S4/c1-31(2,3)11-25-19(13-7-9-15(23)29-13)17-18(21(25)27)20(14-8-10-16(24)30-14)26(22(17)28)12-32(4,5)6/h7-10H,11-12H2,1-6H3. The Kier molecular flexibility index (Phi) is 6.62. The molecule has 2 aromatic rings. The zero-order valence-corrected chi connectivity index (χ0v) is 25.3. The molecule has 0 fully saturated rings. The molecular formula is C22H26Br2N2O2S4. The number of nitrogens with zero attached hydrogens (tertiary/aromatic N) is 2. The molecule has 0 aromatic carbocycles. The molecule has 4 nitrogen and oxygen atoms in total. The molecule has 0 radical (unpaired) electrons. The molecule has 0 aliphatic carbocycles. The van der Waals surface area contributed by atoms with Crippen molar-refractivity contribution in [2.24, 2.45) is 0 Å². The van der Waals surface area contributed by atoms with Crippen LogP contribution in [-0.4, -0.2) is 70.9 Å². The Morgan fingerprint density at radius 3 is 1.28 bits per heavy atom. The van der Waals surface area contributed by atoms with Gasteiger partial charge in [-0.25, -0.2) is 20.1 Å². The average molecular weight is 639 g/mol. The third kappa shape index (κ3) is 4.68. The molecule has 2 amide bonds. The first-order valence-corrected chi connectivity index (χ1v) is 19.0. The van der Waals surface area contributed by atoms with E-state index in [0.717, 1.165) is 28.7 Å². The van der Waals surface area contributed by atoms with Crippen LogP contribution in [0.5, 0.6) is 0 Å². The summed E-state index contributed by atoms with van der Waals surface area (Å²) in [6.07, 6.45) is 13.2. The van der Waals surface area contributed by atoms with Crippen molar-refractivity contribution in [3.8, 4) is 0 Å². The third-order valence-electron chi connectivity index (χ3n) is 4.83. The summed E-state index contributed by atoms with van der Waals surface area (Å²) in [5, 5.41) is 0. The topological polar surface area (TPSA) is 40.6 Å². The number of hydrogen-bond donors (Lipinski definition) is 0. The van der Waals surface area contributed by atoms with E-state index in [1.165, 1.54) is 0 Å². The maximum Gasteiger partial charge on any atom is 0.262 e. The molecule has 0 atom stereocenters. The van der Waals surface area contributed by atoms with Crippen LogP contribution in [0.25, 0.3) is 11.4 Å². The highest BCUT2D eigenvalue weighted by atomic mass is 79.9. The van der Waals surface area contributed by atoms with E-state index in [2.05, 4.69) is 69.4 Å². The van der Waals surface area contributed by atoms with E-state index in [1.54, 1.807) is 22.7 Å². The molecule has 32 heavy (non-hydrogen) atoms. The van der Waals surface area contributed by atoms with Crippen LogP contribution in [0.15, 0.2) is 43.0 Å². The smallest absolute Gasteiger partial charge is 0.262 e. The van der Waals surface area contributed by atoms with E-state index in [4.69, 9.17) is 0 Å². The number of thiophene rings is 2. The number of fused-ring (bicyclic) bond motifs is 1. The molecule has 174 valence electrons. The quantitative estimate of drug-likeness (QED) is 0.366. The van der Waals surface area contributed by atoms with E-state index in [0.29, 0.717) is 22.9 Å². The molecule has 0 bridgehead atoms. The van der Waals surface area contributed by atoms with Crippen LogP contribution in [0.4, 0.5) is 0 Å². The van der Waals surface area contributed by atoms with Gasteiger partial charge in [0.15, 0.2) is 0 Å². The molecular weight excluding hydrogens is 612 g/mol. The molecule has 4 heterocycles. The number of hydrogen-bond acceptors (Lipinski definition) is 4. The number of amides is 2. The van der Waals surface area contributed by atoms with E-state index < -0.39 is 20.1 Å². The van der Waals surface area contributed by atoms with Crippen molar-refractivity contribution >= 4 is 97.8 Å². The van der Waals surface area contributed by atoms with Gasteiger partial charge in [0.2, 0.25) is 0 Å². The Labute approximate surface area is 217 Å². The van der Waals surface area contributed by atoms with Gasteiger partial charge in [-0.15, -0.1) is 22.7 Å². The summed E-state index contributed by atoms with van der Waals surface area (Å²) >= 11 is 10.2. The molecule has 2 aromatic heterocycles. The fourth-order valence-corrected chi connectivity index (χ4v) is 8.75. The largest absolute Gasteiger partial charge is 0.298 e. The van der Waals surface area contributed by atoms with Gasteiger partial charge in [-0.2, -0.15) is 0 Å². The highest BCUT2D eigenvalue weighted by Gasteiger charge is 2.50. The second-order valence-electron chi connectivity index (χ2n) is 9.56. The molecule has 4 rings (SSSR count). The highest BCUT2D eigenvalue weighted by molar-refractivity contribution is 9.11. The van der Waals surface area contributed by atoms with Crippen molar-refractivity contribution in [3.05, 3.63) is 52.7 Å². The molecule has 0 unspecified atom stereocenters. The van der Waals surface area contributed by atoms with Gasteiger partial charge >= 0.3 is 0 Å². The number of rotatable bonds is 6. The Balaban J connectivity index is 1.99. The van der Waals surface area contributed by atoms with Crippen LogP contribution in [0.2, 0.25) is 0 Å². The summed E-state index contributed by atoms with van der Waals surface area (Å²) in [6, 6.07) is 7.97. The first kappa shape index (κ1) is 24.6. The lowest BCUT2D eigenvalue weighted by Gasteiger charge is -2.34. The molecule has 0 N–H and O–H groups in total. The van der Waals surface area contributed by atoms with Crippen molar-refractivity contribution in [2.75, 3.05) is 49.3 Å². The first-order valence-electron chi connectivity index (χ1n) is 9.73. The lowest BCUT2D eigenvalue weighted by atomic mass is 10.1. The Bertz CT molecular complexity index is 1090. The van der Waals surface area contributed by atoms with Gasteiger partial charge in [-0.3, -0.25) is 19.4 Å². The van der Waals surface area contributed by atoms with Crippen molar-refractivity contribution < 1.29 is 9.59 Å². The summed E-state index contributed by atoms with van der Waals surface area (Å²) < 4.78 is 1.97. The maximum absolute atomic E-state index is 14.0. The zero-order valence-electron chi connectivity index (χ0n) is 18.8.